The van der Waals surface area contributed by atoms with Crippen molar-refractivity contribution >= 4 is 11.8 Å². The van der Waals surface area contributed by atoms with Gasteiger partial charge in [-0.1, -0.05) is 19.3 Å². The van der Waals surface area contributed by atoms with Gasteiger partial charge in [-0.2, -0.15) is 0 Å². The molecule has 3 rings (SSSR count). The highest BCUT2D eigenvalue weighted by atomic mass is 16.2. The fraction of sp³-hybridized carbons (Fsp3) is 0.895. The van der Waals surface area contributed by atoms with Crippen LogP contribution in [0.15, 0.2) is 0 Å². The van der Waals surface area contributed by atoms with E-state index in [-0.39, 0.29) is 11.3 Å². The molecular weight excluding hydrogens is 302 g/mol. The molecule has 24 heavy (non-hydrogen) atoms. The lowest BCUT2D eigenvalue weighted by molar-refractivity contribution is -0.147. The van der Waals surface area contributed by atoms with Crippen molar-refractivity contribution in [1.82, 2.24) is 14.7 Å². The Kier molecular flexibility index (Phi) is 5.48. The van der Waals surface area contributed by atoms with Gasteiger partial charge < -0.3 is 9.80 Å². The lowest BCUT2D eigenvalue weighted by atomic mass is 9.77. The Morgan fingerprint density at radius 1 is 1.12 bits per heavy atom. The van der Waals surface area contributed by atoms with Crippen molar-refractivity contribution in [2.24, 2.45) is 11.3 Å². The molecule has 1 spiro atoms. The predicted molar refractivity (Wildman–Crippen MR) is 94.6 cm³/mol. The average Bonchev–Trinajstić information content (AvgIpc) is 2.96. The Labute approximate surface area is 146 Å². The molecule has 2 saturated heterocycles. The van der Waals surface area contributed by atoms with Crippen LogP contribution in [0.4, 0.5) is 0 Å². The maximum absolute atomic E-state index is 13.2. The molecule has 1 saturated carbocycles. The molecule has 0 aromatic rings. The average molecular weight is 335 g/mol. The number of amides is 2. The Balaban J connectivity index is 1.59. The first kappa shape index (κ1) is 17.7. The molecular formula is C19H33N3O2. The number of nitrogens with zero attached hydrogens (tertiary/aromatic N) is 3. The van der Waals surface area contributed by atoms with Crippen LogP contribution in [-0.4, -0.2) is 73.3 Å². The third-order valence-electron chi connectivity index (χ3n) is 6.32. The molecule has 5 nitrogen and oxygen atoms in total. The second-order valence-corrected chi connectivity index (χ2v) is 8.39. The van der Waals surface area contributed by atoms with Crippen LogP contribution >= 0.6 is 0 Å². The molecule has 1 aliphatic carbocycles. The molecule has 2 heterocycles. The topological polar surface area (TPSA) is 43.9 Å². The highest BCUT2D eigenvalue weighted by Gasteiger charge is 2.48. The number of carbonyl (C=O) groups excluding carboxylic acids is 2. The minimum Gasteiger partial charge on any atom is -0.348 e. The van der Waals surface area contributed by atoms with Gasteiger partial charge in [0.1, 0.15) is 0 Å². The quantitative estimate of drug-likeness (QED) is 0.789. The second-order valence-electron chi connectivity index (χ2n) is 8.39. The zero-order chi connectivity index (χ0) is 17.2. The fourth-order valence-electron chi connectivity index (χ4n) is 4.81. The van der Waals surface area contributed by atoms with Gasteiger partial charge in [0.15, 0.2) is 0 Å². The second kappa shape index (κ2) is 7.42. The Bertz CT molecular complexity index is 473. The van der Waals surface area contributed by atoms with Crippen molar-refractivity contribution in [2.75, 3.05) is 46.8 Å². The number of hydrogen-bond donors (Lipinski definition) is 0. The van der Waals surface area contributed by atoms with Gasteiger partial charge in [-0.05, 0) is 44.6 Å². The van der Waals surface area contributed by atoms with Crippen LogP contribution in [0.3, 0.4) is 0 Å². The molecule has 2 aliphatic heterocycles. The first-order valence-corrected chi connectivity index (χ1v) is 9.72. The fourth-order valence-corrected chi connectivity index (χ4v) is 4.81. The van der Waals surface area contributed by atoms with E-state index in [1.807, 2.05) is 0 Å². The smallest absolute Gasteiger partial charge is 0.236 e. The summed E-state index contributed by atoms with van der Waals surface area (Å²) in [6.07, 6.45) is 9.65. The summed E-state index contributed by atoms with van der Waals surface area (Å²) in [4.78, 5) is 31.2. The number of piperidine rings is 1. The largest absolute Gasteiger partial charge is 0.348 e. The molecule has 3 fully saturated rings. The third kappa shape index (κ3) is 3.76. The summed E-state index contributed by atoms with van der Waals surface area (Å²) >= 11 is 0. The van der Waals surface area contributed by atoms with Crippen LogP contribution in [0.1, 0.15) is 51.4 Å². The monoisotopic (exact) mass is 335 g/mol. The molecule has 0 radical (unpaired) electrons. The van der Waals surface area contributed by atoms with E-state index in [4.69, 9.17) is 0 Å². The van der Waals surface area contributed by atoms with Crippen LogP contribution in [-0.2, 0) is 9.59 Å². The Morgan fingerprint density at radius 3 is 2.58 bits per heavy atom. The number of hydrogen-bond acceptors (Lipinski definition) is 3. The molecule has 0 bridgehead atoms. The third-order valence-corrected chi connectivity index (χ3v) is 6.32. The van der Waals surface area contributed by atoms with Crippen molar-refractivity contribution in [3.05, 3.63) is 0 Å². The number of carbonyl (C=O) groups is 2. The van der Waals surface area contributed by atoms with Gasteiger partial charge in [-0.15, -0.1) is 0 Å². The molecule has 2 amide bonds. The summed E-state index contributed by atoms with van der Waals surface area (Å²) < 4.78 is 0. The highest BCUT2D eigenvalue weighted by molar-refractivity contribution is 5.84. The zero-order valence-corrected chi connectivity index (χ0v) is 15.4. The van der Waals surface area contributed by atoms with Gasteiger partial charge in [0, 0.05) is 33.7 Å². The lowest BCUT2D eigenvalue weighted by Gasteiger charge is -2.41. The summed E-state index contributed by atoms with van der Waals surface area (Å²) in [5.74, 6) is 1.22. The molecule has 136 valence electrons. The number of rotatable bonds is 4. The van der Waals surface area contributed by atoms with Gasteiger partial charge in [-0.25, -0.2) is 0 Å². The van der Waals surface area contributed by atoms with Crippen LogP contribution in [0, 0.1) is 11.3 Å². The van der Waals surface area contributed by atoms with Crippen molar-refractivity contribution in [2.45, 2.75) is 51.4 Å². The number of likely N-dealkylation sites (N-methyl/N-ethyl adjacent to an activating group) is 1. The maximum atomic E-state index is 13.2. The molecule has 0 aromatic heterocycles. The molecule has 0 aromatic carbocycles. The number of likely N-dealkylation sites (tertiary alicyclic amines) is 2. The zero-order valence-electron chi connectivity index (χ0n) is 15.4. The van der Waals surface area contributed by atoms with Crippen molar-refractivity contribution < 1.29 is 9.59 Å². The van der Waals surface area contributed by atoms with Crippen LogP contribution in [0.25, 0.3) is 0 Å². The molecule has 3 aliphatic rings. The van der Waals surface area contributed by atoms with Gasteiger partial charge in [0.05, 0.1) is 12.0 Å². The van der Waals surface area contributed by atoms with E-state index >= 15 is 0 Å². The summed E-state index contributed by atoms with van der Waals surface area (Å²) in [5.41, 5.74) is -0.209. The normalized spacial score (nSPS) is 29.4. The maximum Gasteiger partial charge on any atom is 0.236 e. The molecule has 0 unspecified atom stereocenters. The van der Waals surface area contributed by atoms with Gasteiger partial charge >= 0.3 is 0 Å². The van der Waals surface area contributed by atoms with Crippen molar-refractivity contribution in [1.29, 1.82) is 0 Å². The molecule has 5 heteroatoms. The van der Waals surface area contributed by atoms with Crippen molar-refractivity contribution in [3.8, 4) is 0 Å². The predicted octanol–water partition coefficient (Wildman–Crippen LogP) is 1.97. The minimum absolute atomic E-state index is 0.134. The van der Waals surface area contributed by atoms with Crippen molar-refractivity contribution in [3.63, 3.8) is 0 Å². The first-order chi connectivity index (χ1) is 11.5. The van der Waals surface area contributed by atoms with E-state index in [2.05, 4.69) is 9.80 Å². The van der Waals surface area contributed by atoms with Crippen LogP contribution in [0.2, 0.25) is 0 Å². The standard InChI is InChI=1S/C19H33N3O2/c1-20(2)17(23)14-21-12-10-19(15-21)9-6-11-22(18(19)24)13-16-7-4-3-5-8-16/h16H,3-15H2,1-2H3/t19-/m0/s1. The van der Waals surface area contributed by atoms with Gasteiger partial charge in [-0.3, -0.25) is 14.5 Å². The Morgan fingerprint density at radius 2 is 1.88 bits per heavy atom. The van der Waals surface area contributed by atoms with E-state index in [0.29, 0.717) is 18.4 Å². The van der Waals surface area contributed by atoms with E-state index in [0.717, 1.165) is 45.4 Å². The Hall–Kier alpha value is -1.10. The van der Waals surface area contributed by atoms with E-state index < -0.39 is 0 Å². The summed E-state index contributed by atoms with van der Waals surface area (Å²) in [6, 6.07) is 0. The van der Waals surface area contributed by atoms with E-state index in [9.17, 15) is 9.59 Å². The molecule has 0 N–H and O–H groups in total. The minimum atomic E-state index is -0.209. The lowest BCUT2D eigenvalue weighted by Crippen LogP contribution is -2.51. The van der Waals surface area contributed by atoms with E-state index in [1.54, 1.807) is 19.0 Å². The van der Waals surface area contributed by atoms with Crippen LogP contribution < -0.4 is 0 Å². The first-order valence-electron chi connectivity index (χ1n) is 9.72. The van der Waals surface area contributed by atoms with Gasteiger partial charge in [0.25, 0.3) is 0 Å². The summed E-state index contributed by atoms with van der Waals surface area (Å²) in [6.45, 7) is 4.00. The SMILES string of the molecule is CN(C)C(=O)CN1CC[C@@]2(CCCN(CC3CCCCC3)C2=O)C1. The van der Waals surface area contributed by atoms with Crippen LogP contribution in [0.5, 0.6) is 0 Å². The summed E-state index contributed by atoms with van der Waals surface area (Å²) in [7, 11) is 3.59. The highest BCUT2D eigenvalue weighted by Crippen LogP contribution is 2.40. The van der Waals surface area contributed by atoms with E-state index in [1.165, 1.54) is 32.1 Å². The van der Waals surface area contributed by atoms with Gasteiger partial charge in [0.2, 0.25) is 11.8 Å². The molecule has 1 atom stereocenters. The summed E-state index contributed by atoms with van der Waals surface area (Å²) in [5, 5.41) is 0.